The number of para-hydroxylation sites is 2. The number of aliphatic hydroxyl groups is 2. The Labute approximate surface area is 118 Å². The SMILES string of the molecule is Cc1cccc(Oc2ccccc2NCC(O)CO)c1. The molecule has 3 N–H and O–H groups in total. The predicted octanol–water partition coefficient (Wildman–Crippen LogP) is 2.55. The summed E-state index contributed by atoms with van der Waals surface area (Å²) in [7, 11) is 0. The number of nitrogens with one attached hydrogen (secondary N) is 1. The Hall–Kier alpha value is -2.04. The van der Waals surface area contributed by atoms with Gasteiger partial charge in [0, 0.05) is 6.54 Å². The van der Waals surface area contributed by atoms with Gasteiger partial charge in [-0.25, -0.2) is 0 Å². The molecule has 0 fully saturated rings. The second-order valence-electron chi connectivity index (χ2n) is 4.63. The van der Waals surface area contributed by atoms with Gasteiger partial charge in [0.1, 0.15) is 5.75 Å². The fourth-order valence-corrected chi connectivity index (χ4v) is 1.80. The van der Waals surface area contributed by atoms with Gasteiger partial charge in [-0.3, -0.25) is 0 Å². The molecular formula is C16H19NO3. The molecule has 0 saturated heterocycles. The predicted molar refractivity (Wildman–Crippen MR) is 79.3 cm³/mol. The van der Waals surface area contributed by atoms with E-state index >= 15 is 0 Å². The van der Waals surface area contributed by atoms with Gasteiger partial charge >= 0.3 is 0 Å². The molecule has 0 aliphatic carbocycles. The summed E-state index contributed by atoms with van der Waals surface area (Å²) >= 11 is 0. The van der Waals surface area contributed by atoms with Gasteiger partial charge in [0.2, 0.25) is 0 Å². The number of aryl methyl sites for hydroxylation is 1. The first-order valence-electron chi connectivity index (χ1n) is 6.55. The van der Waals surface area contributed by atoms with Crippen molar-refractivity contribution in [2.75, 3.05) is 18.5 Å². The average molecular weight is 273 g/mol. The van der Waals surface area contributed by atoms with Crippen molar-refractivity contribution in [3.63, 3.8) is 0 Å². The molecule has 4 nitrogen and oxygen atoms in total. The van der Waals surface area contributed by atoms with Gasteiger partial charge < -0.3 is 20.3 Å². The van der Waals surface area contributed by atoms with E-state index < -0.39 is 6.10 Å². The summed E-state index contributed by atoms with van der Waals surface area (Å²) in [5.41, 5.74) is 1.91. The van der Waals surface area contributed by atoms with Crippen LogP contribution in [0.25, 0.3) is 0 Å². The molecule has 1 atom stereocenters. The molecule has 106 valence electrons. The van der Waals surface area contributed by atoms with Crippen LogP contribution in [-0.4, -0.2) is 29.5 Å². The number of ether oxygens (including phenoxy) is 1. The molecule has 0 heterocycles. The van der Waals surface area contributed by atoms with E-state index in [1.807, 2.05) is 55.5 Å². The Morgan fingerprint density at radius 2 is 1.95 bits per heavy atom. The lowest BCUT2D eigenvalue weighted by molar-refractivity contribution is 0.105. The van der Waals surface area contributed by atoms with E-state index in [1.165, 1.54) is 0 Å². The van der Waals surface area contributed by atoms with Gasteiger partial charge in [0.05, 0.1) is 18.4 Å². The monoisotopic (exact) mass is 273 g/mol. The lowest BCUT2D eigenvalue weighted by Gasteiger charge is -2.14. The van der Waals surface area contributed by atoms with Gasteiger partial charge in [-0.15, -0.1) is 0 Å². The van der Waals surface area contributed by atoms with Crippen LogP contribution in [-0.2, 0) is 0 Å². The minimum Gasteiger partial charge on any atom is -0.455 e. The van der Waals surface area contributed by atoms with Crippen LogP contribution in [0.5, 0.6) is 11.5 Å². The number of rotatable bonds is 6. The first kappa shape index (κ1) is 14.4. The molecule has 0 aromatic heterocycles. The van der Waals surface area contributed by atoms with Crippen molar-refractivity contribution in [1.82, 2.24) is 0 Å². The van der Waals surface area contributed by atoms with Crippen LogP contribution in [0.4, 0.5) is 5.69 Å². The maximum atomic E-state index is 9.38. The first-order chi connectivity index (χ1) is 9.69. The molecule has 2 rings (SSSR count). The molecule has 0 bridgehead atoms. The van der Waals surface area contributed by atoms with Gasteiger partial charge in [0.25, 0.3) is 0 Å². The molecule has 0 radical (unpaired) electrons. The van der Waals surface area contributed by atoms with E-state index in [0.717, 1.165) is 17.0 Å². The number of aliphatic hydroxyl groups excluding tert-OH is 2. The standard InChI is InChI=1S/C16H19NO3/c1-12-5-4-6-14(9-12)20-16-8-3-2-7-15(16)17-10-13(19)11-18/h2-9,13,17-19H,10-11H2,1H3. The Balaban J connectivity index is 2.11. The van der Waals surface area contributed by atoms with Gasteiger partial charge in [0.15, 0.2) is 5.75 Å². The van der Waals surface area contributed by atoms with Crippen molar-refractivity contribution in [3.8, 4) is 11.5 Å². The van der Waals surface area contributed by atoms with Crippen LogP contribution in [0.3, 0.4) is 0 Å². The smallest absolute Gasteiger partial charge is 0.150 e. The molecule has 0 spiro atoms. The average Bonchev–Trinajstić information content (AvgIpc) is 2.46. The molecular weight excluding hydrogens is 254 g/mol. The Bertz CT molecular complexity index is 557. The number of benzene rings is 2. The fourth-order valence-electron chi connectivity index (χ4n) is 1.80. The zero-order valence-electron chi connectivity index (χ0n) is 11.4. The van der Waals surface area contributed by atoms with Crippen LogP contribution < -0.4 is 10.1 Å². The van der Waals surface area contributed by atoms with Crippen molar-refractivity contribution in [1.29, 1.82) is 0 Å². The number of hydrogen-bond acceptors (Lipinski definition) is 4. The lowest BCUT2D eigenvalue weighted by atomic mass is 10.2. The van der Waals surface area contributed by atoms with Crippen molar-refractivity contribution in [2.45, 2.75) is 13.0 Å². The summed E-state index contributed by atoms with van der Waals surface area (Å²) in [6.07, 6.45) is -0.790. The maximum Gasteiger partial charge on any atom is 0.150 e. The van der Waals surface area contributed by atoms with Crippen LogP contribution in [0.2, 0.25) is 0 Å². The lowest BCUT2D eigenvalue weighted by Crippen LogP contribution is -2.23. The second kappa shape index (κ2) is 6.93. The third kappa shape index (κ3) is 3.98. The second-order valence-corrected chi connectivity index (χ2v) is 4.63. The van der Waals surface area contributed by atoms with Gasteiger partial charge in [-0.2, -0.15) is 0 Å². The van der Waals surface area contributed by atoms with Crippen LogP contribution in [0.15, 0.2) is 48.5 Å². The first-order valence-corrected chi connectivity index (χ1v) is 6.55. The van der Waals surface area contributed by atoms with E-state index in [4.69, 9.17) is 9.84 Å². The summed E-state index contributed by atoms with van der Waals surface area (Å²) in [5.74, 6) is 1.45. The van der Waals surface area contributed by atoms with E-state index in [9.17, 15) is 5.11 Å². The quantitative estimate of drug-likeness (QED) is 0.757. The number of anilines is 1. The molecule has 0 saturated carbocycles. The zero-order valence-corrected chi connectivity index (χ0v) is 11.4. The highest BCUT2D eigenvalue weighted by molar-refractivity contribution is 5.57. The van der Waals surface area contributed by atoms with Crippen molar-refractivity contribution in [3.05, 3.63) is 54.1 Å². The highest BCUT2D eigenvalue weighted by atomic mass is 16.5. The fraction of sp³-hybridized carbons (Fsp3) is 0.250. The minimum atomic E-state index is -0.790. The van der Waals surface area contributed by atoms with Crippen molar-refractivity contribution >= 4 is 5.69 Å². The summed E-state index contributed by atoms with van der Waals surface area (Å²) in [4.78, 5) is 0. The van der Waals surface area contributed by atoms with Gasteiger partial charge in [-0.05, 0) is 36.8 Å². The Morgan fingerprint density at radius 3 is 2.70 bits per heavy atom. The van der Waals surface area contributed by atoms with Crippen LogP contribution >= 0.6 is 0 Å². The molecule has 2 aromatic rings. The van der Waals surface area contributed by atoms with E-state index in [-0.39, 0.29) is 13.2 Å². The third-order valence-corrected chi connectivity index (χ3v) is 2.84. The topological polar surface area (TPSA) is 61.7 Å². The van der Waals surface area contributed by atoms with E-state index in [0.29, 0.717) is 5.75 Å². The van der Waals surface area contributed by atoms with Crippen LogP contribution in [0.1, 0.15) is 5.56 Å². The summed E-state index contributed by atoms with van der Waals surface area (Å²) in [5, 5.41) is 21.3. The van der Waals surface area contributed by atoms with Crippen molar-refractivity contribution in [2.24, 2.45) is 0 Å². The van der Waals surface area contributed by atoms with Gasteiger partial charge in [-0.1, -0.05) is 24.3 Å². The highest BCUT2D eigenvalue weighted by Crippen LogP contribution is 2.29. The van der Waals surface area contributed by atoms with Crippen molar-refractivity contribution < 1.29 is 14.9 Å². The van der Waals surface area contributed by atoms with Crippen LogP contribution in [0, 0.1) is 6.92 Å². The number of hydrogen-bond donors (Lipinski definition) is 3. The molecule has 2 aromatic carbocycles. The van der Waals surface area contributed by atoms with E-state index in [2.05, 4.69) is 5.32 Å². The summed E-state index contributed by atoms with van der Waals surface area (Å²) < 4.78 is 5.85. The normalized spacial score (nSPS) is 11.9. The van der Waals surface area contributed by atoms with E-state index in [1.54, 1.807) is 0 Å². The highest BCUT2D eigenvalue weighted by Gasteiger charge is 2.07. The third-order valence-electron chi connectivity index (χ3n) is 2.84. The minimum absolute atomic E-state index is 0.269. The molecule has 1 unspecified atom stereocenters. The summed E-state index contributed by atoms with van der Waals surface area (Å²) in [6.45, 7) is 2.01. The molecule has 0 amide bonds. The molecule has 20 heavy (non-hydrogen) atoms. The Morgan fingerprint density at radius 1 is 1.15 bits per heavy atom. The molecule has 0 aliphatic heterocycles. The Kier molecular flexibility index (Phi) is 4.98. The molecule has 0 aliphatic rings. The summed E-state index contributed by atoms with van der Waals surface area (Å²) in [6, 6.07) is 15.3. The molecule has 4 heteroatoms. The largest absolute Gasteiger partial charge is 0.455 e. The zero-order chi connectivity index (χ0) is 14.4. The maximum absolute atomic E-state index is 9.38.